The second kappa shape index (κ2) is 10.2. The molecule has 2 atom stereocenters. The number of urea groups is 1. The number of hydrogen-bond donors (Lipinski definition) is 3. The van der Waals surface area contributed by atoms with Gasteiger partial charge in [-0.1, -0.05) is 52.0 Å². The molecule has 1 aromatic rings. The quantitative estimate of drug-likeness (QED) is 0.671. The standard InChI is InChI=1S/C20H33N3O2/c1-7-15(6)16-8-10-17(11-9-16)19(13(2)3)21-12-18(24)23-20(25)22-14(4)5/h8-11,13-15,19,21H,7,12H2,1-6H3,(H2,22,23,24,25)/t15-,19+/m1/s1. The van der Waals surface area contributed by atoms with Crippen molar-refractivity contribution in [1.82, 2.24) is 16.0 Å². The molecule has 0 heterocycles. The van der Waals surface area contributed by atoms with Crippen LogP contribution in [0.3, 0.4) is 0 Å². The number of imide groups is 1. The molecule has 0 bridgehead atoms. The predicted octanol–water partition coefficient (Wildman–Crippen LogP) is 3.72. The Bertz CT molecular complexity index is 553. The predicted molar refractivity (Wildman–Crippen MR) is 103 cm³/mol. The van der Waals surface area contributed by atoms with Gasteiger partial charge in [-0.15, -0.1) is 0 Å². The molecule has 5 nitrogen and oxygen atoms in total. The van der Waals surface area contributed by atoms with Crippen LogP contribution < -0.4 is 16.0 Å². The van der Waals surface area contributed by atoms with Gasteiger partial charge < -0.3 is 10.6 Å². The molecular formula is C20H33N3O2. The Morgan fingerprint density at radius 3 is 2.00 bits per heavy atom. The lowest BCUT2D eigenvalue weighted by Crippen LogP contribution is -2.46. The third-order valence-electron chi connectivity index (χ3n) is 4.30. The Labute approximate surface area is 152 Å². The maximum absolute atomic E-state index is 11.9. The third-order valence-corrected chi connectivity index (χ3v) is 4.30. The number of benzene rings is 1. The van der Waals surface area contributed by atoms with E-state index in [0.29, 0.717) is 11.8 Å². The van der Waals surface area contributed by atoms with Crippen LogP contribution in [-0.4, -0.2) is 24.5 Å². The summed E-state index contributed by atoms with van der Waals surface area (Å²) in [6.07, 6.45) is 1.11. The first-order valence-corrected chi connectivity index (χ1v) is 9.18. The molecule has 1 aromatic carbocycles. The van der Waals surface area contributed by atoms with Crippen molar-refractivity contribution in [3.8, 4) is 0 Å². The van der Waals surface area contributed by atoms with Gasteiger partial charge in [0.25, 0.3) is 0 Å². The number of carbonyl (C=O) groups excluding carboxylic acids is 2. The van der Waals surface area contributed by atoms with E-state index >= 15 is 0 Å². The van der Waals surface area contributed by atoms with Crippen molar-refractivity contribution in [3.05, 3.63) is 35.4 Å². The molecule has 3 amide bonds. The SMILES string of the molecule is CC[C@@H](C)c1ccc([C@@H](NCC(=O)NC(=O)NC(C)C)C(C)C)cc1. The van der Waals surface area contributed by atoms with Crippen molar-refractivity contribution < 1.29 is 9.59 Å². The maximum atomic E-state index is 11.9. The van der Waals surface area contributed by atoms with Crippen molar-refractivity contribution in [2.24, 2.45) is 5.92 Å². The highest BCUT2D eigenvalue weighted by molar-refractivity contribution is 5.95. The molecular weight excluding hydrogens is 314 g/mol. The lowest BCUT2D eigenvalue weighted by molar-refractivity contribution is -0.119. The normalized spacial score (nSPS) is 13.6. The number of rotatable bonds is 8. The largest absolute Gasteiger partial charge is 0.336 e. The fraction of sp³-hybridized carbons (Fsp3) is 0.600. The second-order valence-electron chi connectivity index (χ2n) is 7.25. The summed E-state index contributed by atoms with van der Waals surface area (Å²) in [6.45, 7) is 12.4. The molecule has 0 aliphatic heterocycles. The molecule has 0 radical (unpaired) electrons. The Morgan fingerprint density at radius 1 is 0.960 bits per heavy atom. The van der Waals surface area contributed by atoms with Crippen LogP contribution in [0.4, 0.5) is 4.79 Å². The van der Waals surface area contributed by atoms with E-state index in [1.165, 1.54) is 5.56 Å². The summed E-state index contributed by atoms with van der Waals surface area (Å²) in [5.41, 5.74) is 2.48. The fourth-order valence-corrected chi connectivity index (χ4v) is 2.68. The summed E-state index contributed by atoms with van der Waals surface area (Å²) >= 11 is 0. The highest BCUT2D eigenvalue weighted by atomic mass is 16.2. The van der Waals surface area contributed by atoms with Crippen LogP contribution in [0.2, 0.25) is 0 Å². The first-order chi connectivity index (χ1) is 11.7. The van der Waals surface area contributed by atoms with Crippen molar-refractivity contribution >= 4 is 11.9 Å². The Kier molecular flexibility index (Phi) is 8.62. The molecule has 140 valence electrons. The summed E-state index contributed by atoms with van der Waals surface area (Å²) in [7, 11) is 0. The van der Waals surface area contributed by atoms with Crippen LogP contribution >= 0.6 is 0 Å². The highest BCUT2D eigenvalue weighted by Crippen LogP contribution is 2.25. The van der Waals surface area contributed by atoms with E-state index in [2.05, 4.69) is 67.9 Å². The lowest BCUT2D eigenvalue weighted by atomic mass is 9.92. The number of carbonyl (C=O) groups is 2. The van der Waals surface area contributed by atoms with Gasteiger partial charge in [-0.2, -0.15) is 0 Å². The number of nitrogens with one attached hydrogen (secondary N) is 3. The Morgan fingerprint density at radius 2 is 1.52 bits per heavy atom. The first kappa shape index (κ1) is 21.2. The second-order valence-corrected chi connectivity index (χ2v) is 7.25. The molecule has 25 heavy (non-hydrogen) atoms. The van der Waals surface area contributed by atoms with Gasteiger partial charge in [0, 0.05) is 12.1 Å². The molecule has 0 spiro atoms. The molecule has 0 aromatic heterocycles. The fourth-order valence-electron chi connectivity index (χ4n) is 2.68. The summed E-state index contributed by atoms with van der Waals surface area (Å²) in [6, 6.07) is 8.18. The van der Waals surface area contributed by atoms with Crippen molar-refractivity contribution in [2.75, 3.05) is 6.54 Å². The lowest BCUT2D eigenvalue weighted by Gasteiger charge is -2.23. The average Bonchev–Trinajstić information content (AvgIpc) is 2.53. The average molecular weight is 348 g/mol. The highest BCUT2D eigenvalue weighted by Gasteiger charge is 2.18. The summed E-state index contributed by atoms with van der Waals surface area (Å²) < 4.78 is 0. The first-order valence-electron chi connectivity index (χ1n) is 9.18. The molecule has 3 N–H and O–H groups in total. The van der Waals surface area contributed by atoms with E-state index in [4.69, 9.17) is 0 Å². The van der Waals surface area contributed by atoms with Gasteiger partial charge in [0.15, 0.2) is 0 Å². The summed E-state index contributed by atoms with van der Waals surface area (Å²) in [4.78, 5) is 23.5. The molecule has 0 fully saturated rings. The molecule has 0 aliphatic rings. The topological polar surface area (TPSA) is 70.2 Å². The van der Waals surface area contributed by atoms with Crippen LogP contribution in [0.1, 0.15) is 71.0 Å². The van der Waals surface area contributed by atoms with E-state index < -0.39 is 6.03 Å². The van der Waals surface area contributed by atoms with Gasteiger partial charge in [0.2, 0.25) is 5.91 Å². The summed E-state index contributed by atoms with van der Waals surface area (Å²) in [5.74, 6) is 0.538. The van der Waals surface area contributed by atoms with E-state index in [1.807, 2.05) is 13.8 Å². The zero-order chi connectivity index (χ0) is 19.0. The third kappa shape index (κ3) is 7.26. The van der Waals surface area contributed by atoms with E-state index in [0.717, 1.165) is 12.0 Å². The van der Waals surface area contributed by atoms with Gasteiger partial charge in [-0.25, -0.2) is 4.79 Å². The molecule has 5 heteroatoms. The van der Waals surface area contributed by atoms with Crippen molar-refractivity contribution in [3.63, 3.8) is 0 Å². The van der Waals surface area contributed by atoms with Gasteiger partial charge >= 0.3 is 6.03 Å². The van der Waals surface area contributed by atoms with Crippen LogP contribution in [-0.2, 0) is 4.79 Å². The molecule has 0 aliphatic carbocycles. The zero-order valence-electron chi connectivity index (χ0n) is 16.3. The van der Waals surface area contributed by atoms with Crippen LogP contribution in [0, 0.1) is 5.92 Å². The van der Waals surface area contributed by atoms with Crippen molar-refractivity contribution in [2.45, 2.75) is 66.0 Å². The van der Waals surface area contributed by atoms with Gasteiger partial charge in [0.1, 0.15) is 0 Å². The Hall–Kier alpha value is -1.88. The Balaban J connectivity index is 2.65. The smallest absolute Gasteiger partial charge is 0.321 e. The molecule has 1 rings (SSSR count). The van der Waals surface area contributed by atoms with Gasteiger partial charge in [-0.05, 0) is 43.2 Å². The number of amides is 3. The summed E-state index contributed by atoms with van der Waals surface area (Å²) in [5, 5.41) is 8.24. The van der Waals surface area contributed by atoms with E-state index in [9.17, 15) is 9.59 Å². The van der Waals surface area contributed by atoms with Gasteiger partial charge in [0.05, 0.1) is 6.54 Å². The minimum Gasteiger partial charge on any atom is -0.336 e. The molecule has 0 saturated carbocycles. The van der Waals surface area contributed by atoms with Crippen LogP contribution in [0.15, 0.2) is 24.3 Å². The van der Waals surface area contributed by atoms with Crippen molar-refractivity contribution in [1.29, 1.82) is 0 Å². The maximum Gasteiger partial charge on any atom is 0.321 e. The monoisotopic (exact) mass is 347 g/mol. The molecule has 0 saturated heterocycles. The van der Waals surface area contributed by atoms with E-state index in [-0.39, 0.29) is 24.5 Å². The molecule has 0 unspecified atom stereocenters. The van der Waals surface area contributed by atoms with Gasteiger partial charge in [-0.3, -0.25) is 10.1 Å². The minimum atomic E-state index is -0.458. The van der Waals surface area contributed by atoms with Crippen LogP contribution in [0.5, 0.6) is 0 Å². The van der Waals surface area contributed by atoms with Crippen LogP contribution in [0.25, 0.3) is 0 Å². The minimum absolute atomic E-state index is 0.00630. The zero-order valence-corrected chi connectivity index (χ0v) is 16.3. The number of hydrogen-bond acceptors (Lipinski definition) is 3. The van der Waals surface area contributed by atoms with E-state index in [1.54, 1.807) is 0 Å².